The number of hydrogen-bond donors (Lipinski definition) is 0. The quantitative estimate of drug-likeness (QED) is 0.163. The monoisotopic (exact) mass is 638 g/mol. The Labute approximate surface area is 270 Å². The molecule has 1 aliphatic rings. The Morgan fingerprint density at radius 2 is 1.09 bits per heavy atom. The molecular formula is C36H50O8Si. The first-order valence-corrected chi connectivity index (χ1v) is 18.4. The lowest BCUT2D eigenvalue weighted by atomic mass is 9.98. The van der Waals surface area contributed by atoms with Crippen LogP contribution in [0.5, 0.6) is 11.5 Å². The number of hydrogen-bond acceptors (Lipinski definition) is 8. The van der Waals surface area contributed by atoms with Crippen LogP contribution >= 0.6 is 0 Å². The van der Waals surface area contributed by atoms with Gasteiger partial charge in [-0.2, -0.15) is 0 Å². The molecule has 0 radical (unpaired) electrons. The van der Waals surface area contributed by atoms with Crippen LogP contribution < -0.4 is 9.47 Å². The molecule has 0 bridgehead atoms. The van der Waals surface area contributed by atoms with Crippen LogP contribution in [0.15, 0.2) is 78.9 Å². The number of rotatable bonds is 15. The molecule has 5 atom stereocenters. The minimum absolute atomic E-state index is 0.0351. The second-order valence-corrected chi connectivity index (χ2v) is 17.7. The lowest BCUT2D eigenvalue weighted by Crippen LogP contribution is -2.62. The van der Waals surface area contributed by atoms with E-state index < -0.39 is 39.0 Å². The van der Waals surface area contributed by atoms with E-state index in [2.05, 4.69) is 33.9 Å². The third-order valence-corrected chi connectivity index (χ3v) is 13.2. The van der Waals surface area contributed by atoms with Gasteiger partial charge in [-0.05, 0) is 59.1 Å². The zero-order chi connectivity index (χ0) is 32.5. The van der Waals surface area contributed by atoms with Gasteiger partial charge in [0.25, 0.3) is 0 Å². The molecule has 0 aromatic heterocycles. The summed E-state index contributed by atoms with van der Waals surface area (Å²) in [4.78, 5) is 0. The summed E-state index contributed by atoms with van der Waals surface area (Å²) < 4.78 is 49.9. The van der Waals surface area contributed by atoms with Crippen LogP contribution in [0.3, 0.4) is 0 Å². The van der Waals surface area contributed by atoms with Gasteiger partial charge >= 0.3 is 0 Å². The number of methoxy groups -OCH3 is 3. The van der Waals surface area contributed by atoms with E-state index in [1.165, 1.54) is 0 Å². The predicted molar refractivity (Wildman–Crippen MR) is 177 cm³/mol. The first kappa shape index (κ1) is 35.1. The molecule has 0 N–H and O–H groups in total. The highest BCUT2D eigenvalue weighted by Gasteiger charge is 2.50. The molecule has 4 rings (SSSR count). The standard InChI is InChI=1S/C36H50O8Si/c1-36(2,3)45(7,8)43-25-31-32(40-23-27-14-18-29(37-4)19-15-27)33(41-24-28-16-20-30(38-5)21-17-28)34(35(39-6)44-31)42-22-26-12-10-9-11-13-26/h9-21,31-35H,22-25H2,1-8H3/t31-,32-,33+,34-,35+/m1/s1. The maximum absolute atomic E-state index is 6.73. The van der Waals surface area contributed by atoms with Crippen molar-refractivity contribution in [2.45, 2.75) is 89.4 Å². The summed E-state index contributed by atoms with van der Waals surface area (Å²) in [5, 5.41) is 0.0351. The van der Waals surface area contributed by atoms with Crippen molar-refractivity contribution in [1.82, 2.24) is 0 Å². The van der Waals surface area contributed by atoms with Gasteiger partial charge in [0.2, 0.25) is 0 Å². The van der Waals surface area contributed by atoms with Crippen LogP contribution in [0.25, 0.3) is 0 Å². The van der Waals surface area contributed by atoms with E-state index in [4.69, 9.17) is 37.6 Å². The maximum atomic E-state index is 6.73. The Hall–Kier alpha value is -2.76. The van der Waals surface area contributed by atoms with Crippen molar-refractivity contribution < 1.29 is 37.6 Å². The van der Waals surface area contributed by atoms with Crippen molar-refractivity contribution in [2.24, 2.45) is 0 Å². The van der Waals surface area contributed by atoms with Gasteiger partial charge in [-0.15, -0.1) is 0 Å². The highest BCUT2D eigenvalue weighted by Crippen LogP contribution is 2.38. The first-order chi connectivity index (χ1) is 21.5. The molecule has 3 aromatic rings. The Morgan fingerprint density at radius 3 is 1.56 bits per heavy atom. The molecule has 1 heterocycles. The lowest BCUT2D eigenvalue weighted by molar-refractivity contribution is -0.320. The Balaban J connectivity index is 1.64. The highest BCUT2D eigenvalue weighted by atomic mass is 28.4. The zero-order valence-electron chi connectivity index (χ0n) is 28.0. The van der Waals surface area contributed by atoms with Gasteiger partial charge < -0.3 is 37.6 Å². The van der Waals surface area contributed by atoms with Gasteiger partial charge in [0.15, 0.2) is 14.6 Å². The summed E-state index contributed by atoms with van der Waals surface area (Å²) in [6.45, 7) is 12.6. The molecule has 9 heteroatoms. The fraction of sp³-hybridized carbons (Fsp3) is 0.500. The normalized spacial score (nSPS) is 22.3. The van der Waals surface area contributed by atoms with E-state index in [1.54, 1.807) is 21.3 Å². The van der Waals surface area contributed by atoms with E-state index in [-0.39, 0.29) is 5.04 Å². The molecular weight excluding hydrogens is 588 g/mol. The fourth-order valence-corrected chi connectivity index (χ4v) is 5.89. The molecule has 0 amide bonds. The minimum atomic E-state index is -2.10. The summed E-state index contributed by atoms with van der Waals surface area (Å²) in [7, 11) is 2.85. The third-order valence-electron chi connectivity index (χ3n) is 8.73. The molecule has 8 nitrogen and oxygen atoms in total. The first-order valence-electron chi connectivity index (χ1n) is 15.5. The third kappa shape index (κ3) is 9.62. The molecule has 1 aliphatic heterocycles. The molecule has 1 saturated heterocycles. The molecule has 246 valence electrons. The minimum Gasteiger partial charge on any atom is -0.497 e. The van der Waals surface area contributed by atoms with Gasteiger partial charge in [-0.3, -0.25) is 0 Å². The van der Waals surface area contributed by atoms with E-state index in [0.29, 0.717) is 26.4 Å². The van der Waals surface area contributed by atoms with Crippen molar-refractivity contribution in [3.05, 3.63) is 95.6 Å². The van der Waals surface area contributed by atoms with Gasteiger partial charge in [-0.1, -0.05) is 75.4 Å². The summed E-state index contributed by atoms with van der Waals surface area (Å²) in [5.41, 5.74) is 3.05. The smallest absolute Gasteiger partial charge is 0.192 e. The zero-order valence-corrected chi connectivity index (χ0v) is 29.0. The van der Waals surface area contributed by atoms with Crippen LogP contribution in [0.4, 0.5) is 0 Å². The molecule has 45 heavy (non-hydrogen) atoms. The van der Waals surface area contributed by atoms with Gasteiger partial charge in [-0.25, -0.2) is 0 Å². The van der Waals surface area contributed by atoms with Crippen LogP contribution in [0, 0.1) is 0 Å². The Morgan fingerprint density at radius 1 is 0.622 bits per heavy atom. The second-order valence-electron chi connectivity index (χ2n) is 12.9. The van der Waals surface area contributed by atoms with Crippen LogP contribution in [0.2, 0.25) is 18.1 Å². The van der Waals surface area contributed by atoms with E-state index >= 15 is 0 Å². The topological polar surface area (TPSA) is 73.8 Å². The summed E-state index contributed by atoms with van der Waals surface area (Å²) >= 11 is 0. The van der Waals surface area contributed by atoms with Gasteiger partial charge in [0.05, 0.1) is 40.6 Å². The summed E-state index contributed by atoms with van der Waals surface area (Å²) in [5.74, 6) is 1.58. The largest absolute Gasteiger partial charge is 0.497 e. The van der Waals surface area contributed by atoms with Gasteiger partial charge in [0, 0.05) is 7.11 Å². The fourth-order valence-electron chi connectivity index (χ4n) is 4.87. The summed E-state index contributed by atoms with van der Waals surface area (Å²) in [6, 6.07) is 25.8. The number of benzene rings is 3. The lowest BCUT2D eigenvalue weighted by Gasteiger charge is -2.46. The second kappa shape index (κ2) is 16.2. The van der Waals surface area contributed by atoms with Crippen LogP contribution in [-0.2, 0) is 47.9 Å². The molecule has 0 saturated carbocycles. The Bertz CT molecular complexity index is 1280. The molecule has 3 aromatic carbocycles. The average molecular weight is 639 g/mol. The average Bonchev–Trinajstić information content (AvgIpc) is 3.05. The van der Waals surface area contributed by atoms with Gasteiger partial charge in [0.1, 0.15) is 35.9 Å². The van der Waals surface area contributed by atoms with E-state index in [1.807, 2.05) is 78.9 Å². The predicted octanol–water partition coefficient (Wildman–Crippen LogP) is 7.15. The molecule has 0 aliphatic carbocycles. The maximum Gasteiger partial charge on any atom is 0.192 e. The summed E-state index contributed by atoms with van der Waals surface area (Å²) in [6.07, 6.45) is -2.76. The van der Waals surface area contributed by atoms with Crippen molar-refractivity contribution in [3.8, 4) is 11.5 Å². The highest BCUT2D eigenvalue weighted by molar-refractivity contribution is 6.74. The van der Waals surface area contributed by atoms with Crippen molar-refractivity contribution >= 4 is 8.32 Å². The van der Waals surface area contributed by atoms with Crippen molar-refractivity contribution in [3.63, 3.8) is 0 Å². The van der Waals surface area contributed by atoms with Crippen molar-refractivity contribution in [1.29, 1.82) is 0 Å². The van der Waals surface area contributed by atoms with E-state index in [0.717, 1.165) is 28.2 Å². The number of ether oxygens (including phenoxy) is 7. The Kier molecular flexibility index (Phi) is 12.6. The molecule has 1 fully saturated rings. The van der Waals surface area contributed by atoms with E-state index in [9.17, 15) is 0 Å². The molecule has 0 spiro atoms. The van der Waals surface area contributed by atoms with Crippen LogP contribution in [-0.4, -0.2) is 67.0 Å². The SMILES string of the molecule is COc1ccc(CO[C@@H]2[C@@H](OCc3ccccc3)[C@@H](OC)O[C@H](CO[Si](C)(C)C(C)(C)C)[C@H]2OCc2ccc(OC)cc2)cc1. The van der Waals surface area contributed by atoms with Crippen molar-refractivity contribution in [2.75, 3.05) is 27.9 Å². The molecule has 0 unspecified atom stereocenters. The van der Waals surface area contributed by atoms with Crippen LogP contribution in [0.1, 0.15) is 37.5 Å².